The second-order valence-electron chi connectivity index (χ2n) is 5.79. The highest BCUT2D eigenvalue weighted by Crippen LogP contribution is 2.36. The molecular formula is C19H13F6NO3. The van der Waals surface area contributed by atoms with Gasteiger partial charge in [-0.3, -0.25) is 9.59 Å². The van der Waals surface area contributed by atoms with Crippen LogP contribution in [0.2, 0.25) is 0 Å². The highest BCUT2D eigenvalue weighted by Gasteiger charge is 2.36. The van der Waals surface area contributed by atoms with Crippen LogP contribution in [0.3, 0.4) is 0 Å². The fourth-order valence-electron chi connectivity index (χ4n) is 2.28. The predicted molar refractivity (Wildman–Crippen MR) is 90.9 cm³/mol. The molecule has 0 aliphatic heterocycles. The topological polar surface area (TPSA) is 69.4 Å². The van der Waals surface area contributed by atoms with E-state index in [0.29, 0.717) is 12.1 Å². The number of ether oxygens (including phenoxy) is 1. The molecule has 0 heterocycles. The summed E-state index contributed by atoms with van der Waals surface area (Å²) in [5.74, 6) is -1.57. The summed E-state index contributed by atoms with van der Waals surface area (Å²) in [5, 5.41) is 0. The van der Waals surface area contributed by atoms with Crippen LogP contribution < -0.4 is 10.5 Å². The fraction of sp³-hybridized carbons (Fsp3) is 0.158. The van der Waals surface area contributed by atoms with Crippen molar-refractivity contribution in [3.05, 3.63) is 70.8 Å². The molecule has 154 valence electrons. The van der Waals surface area contributed by atoms with Crippen molar-refractivity contribution >= 4 is 17.8 Å². The van der Waals surface area contributed by atoms with Crippen LogP contribution in [-0.4, -0.2) is 18.3 Å². The van der Waals surface area contributed by atoms with Gasteiger partial charge in [-0.15, -0.1) is 0 Å². The fourth-order valence-corrected chi connectivity index (χ4v) is 2.28. The number of allylic oxidation sites excluding steroid dienone is 1. The first kappa shape index (κ1) is 22.0. The number of benzene rings is 2. The summed E-state index contributed by atoms with van der Waals surface area (Å²) in [4.78, 5) is 23.1. The molecule has 0 fully saturated rings. The molecular weight excluding hydrogens is 404 g/mol. The number of para-hydroxylation sites is 1. The SMILES string of the molecule is NC(=O)COc1ccccc1C(=O)/C=C/c1cc(C(F)(F)F)cc(C(F)(F)F)c1. The first-order chi connectivity index (χ1) is 13.4. The van der Waals surface area contributed by atoms with E-state index in [1.807, 2.05) is 0 Å². The van der Waals surface area contributed by atoms with Gasteiger partial charge < -0.3 is 10.5 Å². The summed E-state index contributed by atoms with van der Waals surface area (Å²) in [6.07, 6.45) is -8.36. The maximum atomic E-state index is 12.9. The molecule has 0 aliphatic carbocycles. The number of halogens is 6. The van der Waals surface area contributed by atoms with Crippen molar-refractivity contribution in [2.75, 3.05) is 6.61 Å². The minimum absolute atomic E-state index is 0.00781. The van der Waals surface area contributed by atoms with Crippen LogP contribution in [0.15, 0.2) is 48.5 Å². The Hall–Kier alpha value is -3.30. The number of rotatable bonds is 6. The van der Waals surface area contributed by atoms with Gasteiger partial charge in [0, 0.05) is 0 Å². The Kier molecular flexibility index (Phi) is 6.35. The van der Waals surface area contributed by atoms with Crippen molar-refractivity contribution in [3.8, 4) is 5.75 Å². The maximum absolute atomic E-state index is 12.9. The zero-order valence-corrected chi connectivity index (χ0v) is 14.5. The lowest BCUT2D eigenvalue weighted by atomic mass is 10.0. The van der Waals surface area contributed by atoms with Gasteiger partial charge in [0.25, 0.3) is 5.91 Å². The van der Waals surface area contributed by atoms with E-state index in [2.05, 4.69) is 0 Å². The number of hydrogen-bond acceptors (Lipinski definition) is 3. The van der Waals surface area contributed by atoms with Crippen LogP contribution in [0.4, 0.5) is 26.3 Å². The second-order valence-corrected chi connectivity index (χ2v) is 5.79. The summed E-state index contributed by atoms with van der Waals surface area (Å²) < 4.78 is 82.4. The lowest BCUT2D eigenvalue weighted by Gasteiger charge is -2.13. The van der Waals surface area contributed by atoms with Crippen molar-refractivity contribution in [1.82, 2.24) is 0 Å². The largest absolute Gasteiger partial charge is 0.483 e. The number of carbonyl (C=O) groups excluding carboxylic acids is 2. The maximum Gasteiger partial charge on any atom is 0.416 e. The average molecular weight is 417 g/mol. The lowest BCUT2D eigenvalue weighted by Crippen LogP contribution is -2.20. The van der Waals surface area contributed by atoms with Gasteiger partial charge in [-0.05, 0) is 42.0 Å². The number of alkyl halides is 6. The van der Waals surface area contributed by atoms with Crippen molar-refractivity contribution in [2.45, 2.75) is 12.4 Å². The Labute approximate surface area is 160 Å². The predicted octanol–water partition coefficient (Wildman–Crippen LogP) is 4.48. The molecule has 0 unspecified atom stereocenters. The molecule has 0 radical (unpaired) electrons. The highest BCUT2D eigenvalue weighted by atomic mass is 19.4. The normalized spacial score (nSPS) is 12.2. The van der Waals surface area contributed by atoms with Crippen LogP contribution in [-0.2, 0) is 17.1 Å². The zero-order valence-electron chi connectivity index (χ0n) is 14.5. The molecule has 2 aromatic rings. The summed E-state index contributed by atoms with van der Waals surface area (Å²) >= 11 is 0. The molecule has 0 bridgehead atoms. The highest BCUT2D eigenvalue weighted by molar-refractivity contribution is 6.08. The molecule has 0 saturated heterocycles. The van der Waals surface area contributed by atoms with Crippen molar-refractivity contribution < 1.29 is 40.7 Å². The standard InChI is InChI=1S/C19H13F6NO3/c20-18(21,22)12-7-11(8-13(9-12)19(23,24)25)5-6-15(27)14-3-1-2-4-16(14)29-10-17(26)28/h1-9H,10H2,(H2,26,28)/b6-5+. The molecule has 0 aromatic heterocycles. The van der Waals surface area contributed by atoms with Crippen molar-refractivity contribution in [1.29, 1.82) is 0 Å². The monoisotopic (exact) mass is 417 g/mol. The number of carbonyl (C=O) groups is 2. The van der Waals surface area contributed by atoms with E-state index in [9.17, 15) is 35.9 Å². The first-order valence-corrected chi connectivity index (χ1v) is 7.90. The van der Waals surface area contributed by atoms with Gasteiger partial charge in [0.2, 0.25) is 0 Å². The molecule has 2 aromatic carbocycles. The number of nitrogens with two attached hydrogens (primary N) is 1. The molecule has 1 amide bonds. The summed E-state index contributed by atoms with van der Waals surface area (Å²) in [6.45, 7) is -0.517. The Morgan fingerprint density at radius 3 is 2.00 bits per heavy atom. The number of hydrogen-bond donors (Lipinski definition) is 1. The van der Waals surface area contributed by atoms with Crippen molar-refractivity contribution in [2.24, 2.45) is 5.73 Å². The zero-order chi connectivity index (χ0) is 21.8. The second kappa shape index (κ2) is 8.38. The smallest absolute Gasteiger partial charge is 0.416 e. The summed E-state index contributed by atoms with van der Waals surface area (Å²) in [5.41, 5.74) is 1.45. The van der Waals surface area contributed by atoms with E-state index in [0.717, 1.165) is 12.2 Å². The van der Waals surface area contributed by atoms with Gasteiger partial charge in [0.1, 0.15) is 5.75 Å². The Bertz CT molecular complexity index is 915. The van der Waals surface area contributed by atoms with Crippen LogP contribution in [0.1, 0.15) is 27.0 Å². The summed E-state index contributed by atoms with van der Waals surface area (Å²) in [6, 6.07) is 6.62. The number of amides is 1. The molecule has 0 spiro atoms. The molecule has 29 heavy (non-hydrogen) atoms. The third-order valence-corrected chi connectivity index (χ3v) is 3.56. The van der Waals surface area contributed by atoms with Gasteiger partial charge in [0.05, 0.1) is 16.7 Å². The Morgan fingerprint density at radius 1 is 0.931 bits per heavy atom. The van der Waals surface area contributed by atoms with Gasteiger partial charge in [0.15, 0.2) is 12.4 Å². The number of primary amides is 1. The molecule has 10 heteroatoms. The van der Waals surface area contributed by atoms with Crippen LogP contribution in [0.25, 0.3) is 6.08 Å². The van der Waals surface area contributed by atoms with E-state index in [4.69, 9.17) is 10.5 Å². The Morgan fingerprint density at radius 2 is 1.48 bits per heavy atom. The van der Waals surface area contributed by atoms with Gasteiger partial charge in [-0.2, -0.15) is 26.3 Å². The van der Waals surface area contributed by atoms with Crippen LogP contribution >= 0.6 is 0 Å². The molecule has 0 atom stereocenters. The van der Waals surface area contributed by atoms with E-state index in [-0.39, 0.29) is 17.4 Å². The van der Waals surface area contributed by atoms with Gasteiger partial charge >= 0.3 is 12.4 Å². The first-order valence-electron chi connectivity index (χ1n) is 7.90. The van der Waals surface area contributed by atoms with Crippen molar-refractivity contribution in [3.63, 3.8) is 0 Å². The van der Waals surface area contributed by atoms with Crippen LogP contribution in [0.5, 0.6) is 5.75 Å². The van der Waals surface area contributed by atoms with Crippen LogP contribution in [0, 0.1) is 0 Å². The minimum Gasteiger partial charge on any atom is -0.483 e. The summed E-state index contributed by atoms with van der Waals surface area (Å²) in [7, 11) is 0. The van der Waals surface area contributed by atoms with E-state index in [1.54, 1.807) is 0 Å². The third-order valence-electron chi connectivity index (χ3n) is 3.56. The molecule has 2 N–H and O–H groups in total. The van der Waals surface area contributed by atoms with E-state index >= 15 is 0 Å². The third kappa shape index (κ3) is 6.09. The van der Waals surface area contributed by atoms with Gasteiger partial charge in [-0.25, -0.2) is 0 Å². The van der Waals surface area contributed by atoms with E-state index < -0.39 is 47.3 Å². The van der Waals surface area contributed by atoms with E-state index in [1.165, 1.54) is 24.3 Å². The molecule has 0 aliphatic rings. The Balaban J connectivity index is 2.37. The minimum atomic E-state index is -5.00. The van der Waals surface area contributed by atoms with Gasteiger partial charge in [-0.1, -0.05) is 18.2 Å². The quantitative estimate of drug-likeness (QED) is 0.428. The average Bonchev–Trinajstić information content (AvgIpc) is 2.63. The number of ketones is 1. The molecule has 0 saturated carbocycles. The lowest BCUT2D eigenvalue weighted by molar-refractivity contribution is -0.143. The molecule has 4 nitrogen and oxygen atoms in total. The molecule has 2 rings (SSSR count).